The fourth-order valence-corrected chi connectivity index (χ4v) is 3.19. The molecule has 0 unspecified atom stereocenters. The second kappa shape index (κ2) is 6.07. The minimum atomic E-state index is -0.0872. The van der Waals surface area contributed by atoms with Gasteiger partial charge in [0.15, 0.2) is 11.5 Å². The highest BCUT2D eigenvalue weighted by Gasteiger charge is 2.32. The number of hydrogen-bond acceptors (Lipinski definition) is 5. The van der Waals surface area contributed by atoms with Gasteiger partial charge in [-0.05, 0) is 37.5 Å². The van der Waals surface area contributed by atoms with Crippen LogP contribution in [0.1, 0.15) is 35.9 Å². The number of carbonyl (C=O) groups is 1. The molecule has 4 rings (SSSR count). The molecule has 1 aromatic carbocycles. The lowest BCUT2D eigenvalue weighted by Gasteiger charge is -2.23. The SMILES string of the molecule is Cc1cc([C@@H]2CCCN2C(=O)NCc2ccc3c(c2)OCO3)no1. The highest BCUT2D eigenvalue weighted by atomic mass is 16.7. The Morgan fingerprint density at radius 1 is 1.33 bits per heavy atom. The monoisotopic (exact) mass is 329 g/mol. The summed E-state index contributed by atoms with van der Waals surface area (Å²) in [7, 11) is 0. The number of likely N-dealkylation sites (tertiary alicyclic amines) is 1. The molecule has 1 fully saturated rings. The number of hydrogen-bond donors (Lipinski definition) is 1. The van der Waals surface area contributed by atoms with Gasteiger partial charge in [-0.15, -0.1) is 0 Å². The molecule has 0 aliphatic carbocycles. The molecule has 0 radical (unpaired) electrons. The normalized spacial score (nSPS) is 18.9. The number of carbonyl (C=O) groups excluding carboxylic acids is 1. The first kappa shape index (κ1) is 14.9. The van der Waals surface area contributed by atoms with Crippen LogP contribution in [0.5, 0.6) is 11.5 Å². The molecule has 1 atom stereocenters. The van der Waals surface area contributed by atoms with Crippen molar-refractivity contribution in [1.82, 2.24) is 15.4 Å². The average Bonchev–Trinajstić information content (AvgIpc) is 3.31. The molecule has 126 valence electrons. The van der Waals surface area contributed by atoms with Crippen LogP contribution < -0.4 is 14.8 Å². The number of ether oxygens (including phenoxy) is 2. The summed E-state index contributed by atoms with van der Waals surface area (Å²) in [5, 5.41) is 7.03. The second-order valence-electron chi connectivity index (χ2n) is 6.06. The maximum atomic E-state index is 12.5. The van der Waals surface area contributed by atoms with Crippen LogP contribution >= 0.6 is 0 Å². The van der Waals surface area contributed by atoms with E-state index in [1.807, 2.05) is 36.1 Å². The number of urea groups is 1. The minimum Gasteiger partial charge on any atom is -0.454 e. The Balaban J connectivity index is 1.40. The number of aromatic nitrogens is 1. The van der Waals surface area contributed by atoms with Crippen molar-refractivity contribution in [1.29, 1.82) is 0 Å². The van der Waals surface area contributed by atoms with Crippen LogP contribution in [0.25, 0.3) is 0 Å². The van der Waals surface area contributed by atoms with Gasteiger partial charge in [0.2, 0.25) is 6.79 Å². The molecule has 24 heavy (non-hydrogen) atoms. The van der Waals surface area contributed by atoms with Gasteiger partial charge >= 0.3 is 6.03 Å². The van der Waals surface area contributed by atoms with Crippen molar-refractivity contribution in [3.05, 3.63) is 41.3 Å². The molecule has 1 saturated heterocycles. The molecule has 7 heteroatoms. The molecule has 0 spiro atoms. The van der Waals surface area contributed by atoms with Gasteiger partial charge in [-0.25, -0.2) is 4.79 Å². The first-order chi connectivity index (χ1) is 11.7. The molecule has 2 aromatic rings. The van der Waals surface area contributed by atoms with Crippen molar-refractivity contribution in [2.24, 2.45) is 0 Å². The first-order valence-electron chi connectivity index (χ1n) is 8.07. The summed E-state index contributed by atoms with van der Waals surface area (Å²) in [4.78, 5) is 14.4. The standard InChI is InChI=1S/C17H19N3O4/c1-11-7-13(19-24-11)14-3-2-6-20(14)17(21)18-9-12-4-5-15-16(8-12)23-10-22-15/h4-5,7-8,14H,2-3,6,9-10H2,1H3,(H,18,21)/t14-/m0/s1. The molecular formula is C17H19N3O4. The second-order valence-corrected chi connectivity index (χ2v) is 6.06. The molecular weight excluding hydrogens is 310 g/mol. The molecule has 2 aliphatic heterocycles. The summed E-state index contributed by atoms with van der Waals surface area (Å²) in [5.41, 5.74) is 1.80. The zero-order valence-corrected chi connectivity index (χ0v) is 13.4. The third-order valence-corrected chi connectivity index (χ3v) is 4.38. The van der Waals surface area contributed by atoms with Crippen LogP contribution in [0.4, 0.5) is 4.79 Å². The summed E-state index contributed by atoms with van der Waals surface area (Å²) in [5.74, 6) is 2.22. The Kier molecular flexibility index (Phi) is 3.76. The maximum Gasteiger partial charge on any atom is 0.318 e. The lowest BCUT2D eigenvalue weighted by Crippen LogP contribution is -2.39. The van der Waals surface area contributed by atoms with Crippen molar-refractivity contribution < 1.29 is 18.8 Å². The van der Waals surface area contributed by atoms with E-state index in [1.54, 1.807) is 0 Å². The number of nitrogens with zero attached hydrogens (tertiary/aromatic N) is 2. The fourth-order valence-electron chi connectivity index (χ4n) is 3.19. The van der Waals surface area contributed by atoms with E-state index in [4.69, 9.17) is 14.0 Å². The predicted octanol–water partition coefficient (Wildman–Crippen LogP) is 2.76. The fraction of sp³-hybridized carbons (Fsp3) is 0.412. The van der Waals surface area contributed by atoms with E-state index in [-0.39, 0.29) is 18.9 Å². The van der Waals surface area contributed by atoms with Crippen LogP contribution in [-0.2, 0) is 6.54 Å². The predicted molar refractivity (Wildman–Crippen MR) is 84.7 cm³/mol. The number of fused-ring (bicyclic) bond motifs is 1. The van der Waals surface area contributed by atoms with Gasteiger partial charge in [-0.1, -0.05) is 11.2 Å². The van der Waals surface area contributed by atoms with Crippen molar-refractivity contribution in [2.45, 2.75) is 32.4 Å². The number of benzene rings is 1. The highest BCUT2D eigenvalue weighted by Crippen LogP contribution is 2.33. The van der Waals surface area contributed by atoms with Crippen LogP contribution in [0.3, 0.4) is 0 Å². The number of rotatable bonds is 3. The molecule has 0 saturated carbocycles. The van der Waals surface area contributed by atoms with Crippen molar-refractivity contribution in [2.75, 3.05) is 13.3 Å². The summed E-state index contributed by atoms with van der Waals surface area (Å²) >= 11 is 0. The van der Waals surface area contributed by atoms with Crippen molar-refractivity contribution >= 4 is 6.03 Å². The lowest BCUT2D eigenvalue weighted by molar-refractivity contribution is 0.174. The Hall–Kier alpha value is -2.70. The van der Waals surface area contributed by atoms with E-state index in [0.29, 0.717) is 6.54 Å². The van der Waals surface area contributed by atoms with Gasteiger partial charge in [0, 0.05) is 19.2 Å². The smallest absolute Gasteiger partial charge is 0.318 e. The maximum absolute atomic E-state index is 12.5. The lowest BCUT2D eigenvalue weighted by atomic mass is 10.1. The first-order valence-corrected chi connectivity index (χ1v) is 8.07. The molecule has 3 heterocycles. The molecule has 1 N–H and O–H groups in total. The van der Waals surface area contributed by atoms with Crippen LogP contribution in [0, 0.1) is 6.92 Å². The Labute approximate surface area is 139 Å². The zero-order chi connectivity index (χ0) is 16.5. The van der Waals surface area contributed by atoms with Gasteiger partial charge < -0.3 is 24.2 Å². The summed E-state index contributed by atoms with van der Waals surface area (Å²) < 4.78 is 15.8. The topological polar surface area (TPSA) is 76.8 Å². The summed E-state index contributed by atoms with van der Waals surface area (Å²) in [6, 6.07) is 7.48. The Morgan fingerprint density at radius 3 is 3.04 bits per heavy atom. The van der Waals surface area contributed by atoms with Crippen LogP contribution in [0.15, 0.2) is 28.8 Å². The number of aryl methyl sites for hydroxylation is 1. The van der Waals surface area contributed by atoms with E-state index in [0.717, 1.165) is 47.9 Å². The number of nitrogens with one attached hydrogen (secondary N) is 1. The van der Waals surface area contributed by atoms with Crippen LogP contribution in [-0.4, -0.2) is 29.4 Å². The number of amides is 2. The average molecular weight is 329 g/mol. The third-order valence-electron chi connectivity index (χ3n) is 4.38. The van der Waals surface area contributed by atoms with E-state index in [1.165, 1.54) is 0 Å². The molecule has 7 nitrogen and oxygen atoms in total. The van der Waals surface area contributed by atoms with Crippen molar-refractivity contribution in [3.63, 3.8) is 0 Å². The van der Waals surface area contributed by atoms with Gasteiger partial charge in [0.1, 0.15) is 11.5 Å². The van der Waals surface area contributed by atoms with Gasteiger partial charge in [0.25, 0.3) is 0 Å². The van der Waals surface area contributed by atoms with E-state index < -0.39 is 0 Å². The third kappa shape index (κ3) is 2.77. The van der Waals surface area contributed by atoms with Gasteiger partial charge in [0.05, 0.1) is 6.04 Å². The summed E-state index contributed by atoms with van der Waals surface area (Å²) in [6.07, 6.45) is 1.87. The molecule has 0 bridgehead atoms. The highest BCUT2D eigenvalue weighted by molar-refractivity contribution is 5.75. The molecule has 2 aliphatic rings. The van der Waals surface area contributed by atoms with Gasteiger partial charge in [-0.2, -0.15) is 0 Å². The zero-order valence-electron chi connectivity index (χ0n) is 13.4. The van der Waals surface area contributed by atoms with Crippen LogP contribution in [0.2, 0.25) is 0 Å². The van der Waals surface area contributed by atoms with E-state index in [9.17, 15) is 4.79 Å². The largest absolute Gasteiger partial charge is 0.454 e. The van der Waals surface area contributed by atoms with E-state index in [2.05, 4.69) is 10.5 Å². The molecule has 2 amide bonds. The van der Waals surface area contributed by atoms with E-state index >= 15 is 0 Å². The minimum absolute atomic E-state index is 0.0146. The van der Waals surface area contributed by atoms with Crippen molar-refractivity contribution in [3.8, 4) is 11.5 Å². The quantitative estimate of drug-likeness (QED) is 0.937. The Morgan fingerprint density at radius 2 is 2.21 bits per heavy atom. The van der Waals surface area contributed by atoms with Gasteiger partial charge in [-0.3, -0.25) is 0 Å². The molecule has 1 aromatic heterocycles. The summed E-state index contributed by atoms with van der Waals surface area (Å²) in [6.45, 7) is 3.27. The Bertz CT molecular complexity index is 758.